The van der Waals surface area contributed by atoms with Crippen LogP contribution in [0.15, 0.2) is 0 Å². The molecule has 5 nitrogen and oxygen atoms in total. The molecule has 0 heterocycles. The molecular formula is C6H12FNO4. The molecule has 0 saturated heterocycles. The van der Waals surface area contributed by atoms with Crippen LogP contribution in [0.3, 0.4) is 0 Å². The fourth-order valence-corrected chi connectivity index (χ4v) is 0.621. The van der Waals surface area contributed by atoms with Gasteiger partial charge >= 0.3 is 0 Å². The van der Waals surface area contributed by atoms with Gasteiger partial charge in [0.05, 0.1) is 12.6 Å². The van der Waals surface area contributed by atoms with Crippen molar-refractivity contribution in [2.24, 2.45) is 5.73 Å². The largest absolute Gasteiger partial charge is 0.394 e. The average molecular weight is 181 g/mol. The molecule has 0 rings (SSSR count). The van der Waals surface area contributed by atoms with Gasteiger partial charge in [0.15, 0.2) is 6.17 Å². The van der Waals surface area contributed by atoms with Crippen LogP contribution in [0.2, 0.25) is 0 Å². The highest BCUT2D eigenvalue weighted by atomic mass is 19.1. The van der Waals surface area contributed by atoms with E-state index in [9.17, 15) is 9.18 Å². The number of aliphatic hydroxyl groups is 3. The molecule has 0 aliphatic rings. The number of aliphatic hydroxyl groups excluding tert-OH is 3. The summed E-state index contributed by atoms with van der Waals surface area (Å²) in [6.07, 6.45) is -5.45. The minimum atomic E-state index is -2.12. The average Bonchev–Trinajstić information content (AvgIpc) is 2.12. The van der Waals surface area contributed by atoms with E-state index < -0.39 is 31.0 Å². The monoisotopic (exact) mass is 181 g/mol. The lowest BCUT2D eigenvalue weighted by molar-refractivity contribution is -0.114. The lowest BCUT2D eigenvalue weighted by Crippen LogP contribution is -2.47. The third-order valence-corrected chi connectivity index (χ3v) is 1.43. The molecule has 0 bridgehead atoms. The molecule has 0 aromatic rings. The first-order valence-electron chi connectivity index (χ1n) is 3.36. The number of aldehydes is 1. The lowest BCUT2D eigenvalue weighted by atomic mass is 10.0. The summed E-state index contributed by atoms with van der Waals surface area (Å²) < 4.78 is 12.7. The molecule has 0 unspecified atom stereocenters. The summed E-state index contributed by atoms with van der Waals surface area (Å²) in [5.41, 5.74) is 4.96. The fraction of sp³-hybridized carbons (Fsp3) is 0.833. The Morgan fingerprint density at radius 2 is 2.00 bits per heavy atom. The van der Waals surface area contributed by atoms with Gasteiger partial charge in [-0.15, -0.1) is 0 Å². The fourth-order valence-electron chi connectivity index (χ4n) is 0.621. The van der Waals surface area contributed by atoms with E-state index in [2.05, 4.69) is 0 Å². The molecule has 0 radical (unpaired) electrons. The highest BCUT2D eigenvalue weighted by Gasteiger charge is 2.30. The molecule has 12 heavy (non-hydrogen) atoms. The van der Waals surface area contributed by atoms with Gasteiger partial charge in [-0.25, -0.2) is 4.39 Å². The first-order valence-corrected chi connectivity index (χ1v) is 3.36. The Morgan fingerprint density at radius 3 is 2.33 bits per heavy atom. The number of hydrogen-bond acceptors (Lipinski definition) is 5. The second-order valence-electron chi connectivity index (χ2n) is 2.40. The standard InChI is InChI=1S/C6H12FNO4/c7-5(4(11)2-10)6(12)3(8)1-9/h1,3-6,10-12H,2,8H2/t3-,4+,5+,6+/m0/s1. The molecule has 0 aromatic heterocycles. The van der Waals surface area contributed by atoms with Gasteiger partial charge in [-0.05, 0) is 0 Å². The first kappa shape index (κ1) is 11.4. The Morgan fingerprint density at radius 1 is 1.50 bits per heavy atom. The predicted octanol–water partition coefficient (Wildman–Crippen LogP) is -2.44. The van der Waals surface area contributed by atoms with Crippen molar-refractivity contribution in [3.05, 3.63) is 0 Å². The van der Waals surface area contributed by atoms with Crippen LogP contribution in [-0.2, 0) is 4.79 Å². The summed E-state index contributed by atoms with van der Waals surface area (Å²) in [6, 6.07) is -1.39. The van der Waals surface area contributed by atoms with Crippen molar-refractivity contribution in [1.29, 1.82) is 0 Å². The van der Waals surface area contributed by atoms with E-state index in [1.165, 1.54) is 0 Å². The predicted molar refractivity (Wildman–Crippen MR) is 38.0 cm³/mol. The van der Waals surface area contributed by atoms with Crippen molar-refractivity contribution in [2.75, 3.05) is 6.61 Å². The van der Waals surface area contributed by atoms with Crippen molar-refractivity contribution in [3.8, 4) is 0 Å². The number of rotatable bonds is 5. The molecule has 0 amide bonds. The molecule has 5 N–H and O–H groups in total. The summed E-state index contributed by atoms with van der Waals surface area (Å²) in [7, 11) is 0. The summed E-state index contributed by atoms with van der Waals surface area (Å²) in [4.78, 5) is 9.97. The molecular weight excluding hydrogens is 169 g/mol. The van der Waals surface area contributed by atoms with Crippen LogP contribution in [-0.4, -0.2) is 52.6 Å². The van der Waals surface area contributed by atoms with Crippen LogP contribution in [0.25, 0.3) is 0 Å². The molecule has 0 aromatic carbocycles. The van der Waals surface area contributed by atoms with Crippen molar-refractivity contribution >= 4 is 6.29 Å². The van der Waals surface area contributed by atoms with Crippen LogP contribution in [0.5, 0.6) is 0 Å². The number of hydrogen-bond donors (Lipinski definition) is 4. The maximum atomic E-state index is 12.7. The Labute approximate surface area is 68.6 Å². The summed E-state index contributed by atoms with van der Waals surface area (Å²) in [5, 5.41) is 25.8. The first-order chi connectivity index (χ1) is 5.54. The van der Waals surface area contributed by atoms with Gasteiger partial charge in [-0.3, -0.25) is 0 Å². The highest BCUT2D eigenvalue weighted by Crippen LogP contribution is 2.06. The summed E-state index contributed by atoms with van der Waals surface area (Å²) in [6.45, 7) is -0.830. The molecule has 0 saturated carbocycles. The SMILES string of the molecule is N[C@@H](C=O)[C@@H](O)[C@H](F)[C@H](O)CO. The van der Waals surface area contributed by atoms with Gasteiger partial charge < -0.3 is 25.8 Å². The number of nitrogens with two attached hydrogens (primary N) is 1. The highest BCUT2D eigenvalue weighted by molar-refractivity contribution is 5.58. The third-order valence-electron chi connectivity index (χ3n) is 1.43. The van der Waals surface area contributed by atoms with Crippen LogP contribution in [0.1, 0.15) is 0 Å². The summed E-state index contributed by atoms with van der Waals surface area (Å²) in [5.74, 6) is 0. The minimum absolute atomic E-state index is 0.168. The number of carbonyl (C=O) groups excluding carboxylic acids is 1. The quantitative estimate of drug-likeness (QED) is 0.353. The topological polar surface area (TPSA) is 104 Å². The zero-order chi connectivity index (χ0) is 9.72. The van der Waals surface area contributed by atoms with E-state index in [-0.39, 0.29) is 6.29 Å². The van der Waals surface area contributed by atoms with E-state index in [0.29, 0.717) is 0 Å². The van der Waals surface area contributed by atoms with Crippen LogP contribution in [0, 0.1) is 0 Å². The zero-order valence-electron chi connectivity index (χ0n) is 6.30. The molecule has 0 aliphatic carbocycles. The molecule has 0 fully saturated rings. The molecule has 0 aliphatic heterocycles. The molecule has 0 spiro atoms. The lowest BCUT2D eigenvalue weighted by Gasteiger charge is -2.21. The smallest absolute Gasteiger partial charge is 0.156 e. The van der Waals surface area contributed by atoms with E-state index in [0.717, 1.165) is 0 Å². The van der Waals surface area contributed by atoms with Gasteiger partial charge in [0.25, 0.3) is 0 Å². The zero-order valence-corrected chi connectivity index (χ0v) is 6.30. The van der Waals surface area contributed by atoms with Gasteiger partial charge in [0.2, 0.25) is 0 Å². The summed E-state index contributed by atoms with van der Waals surface area (Å²) >= 11 is 0. The Kier molecular flexibility index (Phi) is 4.91. The van der Waals surface area contributed by atoms with Crippen molar-refractivity contribution in [3.63, 3.8) is 0 Å². The molecule has 4 atom stereocenters. The number of carbonyl (C=O) groups is 1. The Balaban J connectivity index is 4.07. The van der Waals surface area contributed by atoms with Crippen molar-refractivity contribution in [1.82, 2.24) is 0 Å². The van der Waals surface area contributed by atoms with Gasteiger partial charge in [0.1, 0.15) is 18.5 Å². The van der Waals surface area contributed by atoms with E-state index in [1.807, 2.05) is 0 Å². The second-order valence-corrected chi connectivity index (χ2v) is 2.40. The third kappa shape index (κ3) is 2.82. The van der Waals surface area contributed by atoms with Crippen LogP contribution in [0.4, 0.5) is 4.39 Å². The second kappa shape index (κ2) is 5.15. The van der Waals surface area contributed by atoms with Crippen molar-refractivity contribution in [2.45, 2.75) is 24.4 Å². The minimum Gasteiger partial charge on any atom is -0.394 e. The maximum absolute atomic E-state index is 12.7. The van der Waals surface area contributed by atoms with E-state index in [4.69, 9.17) is 21.1 Å². The van der Waals surface area contributed by atoms with Gasteiger partial charge in [-0.1, -0.05) is 0 Å². The number of alkyl halides is 1. The van der Waals surface area contributed by atoms with Crippen molar-refractivity contribution < 1.29 is 24.5 Å². The molecule has 72 valence electrons. The molecule has 6 heteroatoms. The van der Waals surface area contributed by atoms with E-state index in [1.54, 1.807) is 0 Å². The van der Waals surface area contributed by atoms with Crippen LogP contribution >= 0.6 is 0 Å². The van der Waals surface area contributed by atoms with E-state index >= 15 is 0 Å². The normalized spacial score (nSPS) is 21.1. The Bertz CT molecular complexity index is 146. The van der Waals surface area contributed by atoms with Gasteiger partial charge in [-0.2, -0.15) is 0 Å². The van der Waals surface area contributed by atoms with Crippen LogP contribution < -0.4 is 5.73 Å². The number of halogens is 1. The van der Waals surface area contributed by atoms with Gasteiger partial charge in [0, 0.05) is 0 Å². The maximum Gasteiger partial charge on any atom is 0.156 e. The Hall–Kier alpha value is -0.560.